The Hall–Kier alpha value is -2.34. The Kier molecular flexibility index (Phi) is 4.59. The van der Waals surface area contributed by atoms with Gasteiger partial charge in [0.1, 0.15) is 11.5 Å². The van der Waals surface area contributed by atoms with Gasteiger partial charge in [0.25, 0.3) is 5.91 Å². The van der Waals surface area contributed by atoms with Gasteiger partial charge in [-0.25, -0.2) is 0 Å². The first kappa shape index (κ1) is 15.1. The molecular weight excluding hydrogens is 290 g/mol. The SMILES string of the molecule is COc1ccc(NC(=O)c2ccc(C(C)=O)s2)c(OC)c1. The molecule has 2 aromatic rings. The maximum Gasteiger partial charge on any atom is 0.265 e. The van der Waals surface area contributed by atoms with Crippen LogP contribution < -0.4 is 14.8 Å². The van der Waals surface area contributed by atoms with E-state index in [9.17, 15) is 9.59 Å². The van der Waals surface area contributed by atoms with E-state index in [1.807, 2.05) is 0 Å². The molecule has 0 aliphatic carbocycles. The third kappa shape index (κ3) is 3.41. The van der Waals surface area contributed by atoms with Gasteiger partial charge in [-0.1, -0.05) is 0 Å². The van der Waals surface area contributed by atoms with Gasteiger partial charge in [-0.15, -0.1) is 11.3 Å². The van der Waals surface area contributed by atoms with Crippen molar-refractivity contribution < 1.29 is 19.1 Å². The van der Waals surface area contributed by atoms with Gasteiger partial charge < -0.3 is 14.8 Å². The minimum atomic E-state index is -0.282. The van der Waals surface area contributed by atoms with Crippen LogP contribution in [0.3, 0.4) is 0 Å². The van der Waals surface area contributed by atoms with Crippen LogP contribution in [0.2, 0.25) is 0 Å². The van der Waals surface area contributed by atoms with E-state index in [1.165, 1.54) is 14.0 Å². The van der Waals surface area contributed by atoms with Gasteiger partial charge in [0.2, 0.25) is 0 Å². The molecule has 0 atom stereocenters. The minimum Gasteiger partial charge on any atom is -0.497 e. The molecule has 0 aliphatic rings. The van der Waals surface area contributed by atoms with Gasteiger partial charge in [-0.05, 0) is 31.2 Å². The highest BCUT2D eigenvalue weighted by molar-refractivity contribution is 7.16. The molecular formula is C15H15NO4S. The first-order chi connectivity index (χ1) is 10.0. The van der Waals surface area contributed by atoms with Crippen molar-refractivity contribution in [3.63, 3.8) is 0 Å². The largest absolute Gasteiger partial charge is 0.497 e. The summed E-state index contributed by atoms with van der Waals surface area (Å²) in [6, 6.07) is 8.40. The number of rotatable bonds is 5. The summed E-state index contributed by atoms with van der Waals surface area (Å²) >= 11 is 1.16. The molecule has 1 heterocycles. The second kappa shape index (κ2) is 6.41. The third-order valence-electron chi connectivity index (χ3n) is 2.83. The van der Waals surface area contributed by atoms with Crippen LogP contribution in [0.4, 0.5) is 5.69 Å². The number of ketones is 1. The molecule has 5 nitrogen and oxygen atoms in total. The minimum absolute atomic E-state index is 0.0546. The predicted octanol–water partition coefficient (Wildman–Crippen LogP) is 3.22. The van der Waals surface area contributed by atoms with Crippen LogP contribution >= 0.6 is 11.3 Å². The van der Waals surface area contributed by atoms with Crippen LogP contribution in [0.15, 0.2) is 30.3 Å². The van der Waals surface area contributed by atoms with E-state index in [0.717, 1.165) is 11.3 Å². The van der Waals surface area contributed by atoms with Gasteiger partial charge >= 0.3 is 0 Å². The van der Waals surface area contributed by atoms with Crippen molar-refractivity contribution >= 4 is 28.7 Å². The molecule has 1 aromatic carbocycles. The van der Waals surface area contributed by atoms with Crippen molar-refractivity contribution in [1.82, 2.24) is 0 Å². The van der Waals surface area contributed by atoms with Crippen LogP contribution in [0.5, 0.6) is 11.5 Å². The number of hydrogen-bond acceptors (Lipinski definition) is 5. The molecule has 21 heavy (non-hydrogen) atoms. The van der Waals surface area contributed by atoms with Gasteiger partial charge in [-0.3, -0.25) is 9.59 Å². The molecule has 0 spiro atoms. The number of anilines is 1. The number of thiophene rings is 1. The Morgan fingerprint density at radius 2 is 1.76 bits per heavy atom. The van der Waals surface area contributed by atoms with Crippen molar-refractivity contribution in [3.05, 3.63) is 40.1 Å². The lowest BCUT2D eigenvalue weighted by Crippen LogP contribution is -2.11. The van der Waals surface area contributed by atoms with Gasteiger partial charge in [0.15, 0.2) is 5.78 Å². The lowest BCUT2D eigenvalue weighted by Gasteiger charge is -2.10. The zero-order valence-corrected chi connectivity index (χ0v) is 12.7. The van der Waals surface area contributed by atoms with E-state index in [0.29, 0.717) is 26.9 Å². The highest BCUT2D eigenvalue weighted by Crippen LogP contribution is 2.30. The zero-order chi connectivity index (χ0) is 15.4. The average Bonchev–Trinajstić information content (AvgIpc) is 2.97. The monoisotopic (exact) mass is 305 g/mol. The second-order valence-electron chi connectivity index (χ2n) is 4.24. The van der Waals surface area contributed by atoms with Crippen LogP contribution in [-0.4, -0.2) is 25.9 Å². The Labute approximate surface area is 126 Å². The van der Waals surface area contributed by atoms with Crippen molar-refractivity contribution in [2.45, 2.75) is 6.92 Å². The predicted molar refractivity (Wildman–Crippen MR) is 81.8 cm³/mol. The van der Waals surface area contributed by atoms with Crippen LogP contribution in [0.25, 0.3) is 0 Å². The second-order valence-corrected chi connectivity index (χ2v) is 5.32. The summed E-state index contributed by atoms with van der Waals surface area (Å²) in [7, 11) is 3.07. The summed E-state index contributed by atoms with van der Waals surface area (Å²) in [5, 5.41) is 2.76. The molecule has 2 rings (SSSR count). The highest BCUT2D eigenvalue weighted by atomic mass is 32.1. The van der Waals surface area contributed by atoms with E-state index in [2.05, 4.69) is 5.32 Å². The molecule has 110 valence electrons. The maximum absolute atomic E-state index is 12.2. The fourth-order valence-corrected chi connectivity index (χ4v) is 2.53. The Balaban J connectivity index is 2.20. The third-order valence-corrected chi connectivity index (χ3v) is 4.02. The van der Waals surface area contributed by atoms with E-state index in [-0.39, 0.29) is 11.7 Å². The molecule has 0 saturated heterocycles. The summed E-state index contributed by atoms with van der Waals surface area (Å²) in [5.41, 5.74) is 0.543. The molecule has 0 radical (unpaired) electrons. The number of nitrogens with one attached hydrogen (secondary N) is 1. The number of ether oxygens (including phenoxy) is 2. The molecule has 1 aromatic heterocycles. The topological polar surface area (TPSA) is 64.6 Å². The zero-order valence-electron chi connectivity index (χ0n) is 11.9. The molecule has 0 aliphatic heterocycles. The summed E-state index contributed by atoms with van der Waals surface area (Å²) in [6.45, 7) is 1.47. The first-order valence-corrected chi connectivity index (χ1v) is 7.01. The molecule has 0 unspecified atom stereocenters. The lowest BCUT2D eigenvalue weighted by molar-refractivity contribution is 0.101. The normalized spacial score (nSPS) is 10.0. The van der Waals surface area contributed by atoms with E-state index < -0.39 is 0 Å². The maximum atomic E-state index is 12.2. The smallest absolute Gasteiger partial charge is 0.265 e. The van der Waals surface area contributed by atoms with Crippen LogP contribution in [0.1, 0.15) is 26.3 Å². The average molecular weight is 305 g/mol. The molecule has 1 N–H and O–H groups in total. The standard InChI is InChI=1S/C15H15NO4S/c1-9(17)13-6-7-14(21-13)15(18)16-11-5-4-10(19-2)8-12(11)20-3/h4-8H,1-3H3,(H,16,18). The quantitative estimate of drug-likeness (QED) is 0.861. The summed E-state index contributed by atoms with van der Waals surface area (Å²) in [4.78, 5) is 24.5. The van der Waals surface area contributed by atoms with Gasteiger partial charge in [0.05, 0.1) is 29.7 Å². The van der Waals surface area contributed by atoms with Gasteiger partial charge in [0, 0.05) is 6.07 Å². The number of amides is 1. The fourth-order valence-electron chi connectivity index (χ4n) is 1.73. The molecule has 0 bridgehead atoms. The van der Waals surface area contributed by atoms with Crippen molar-refractivity contribution in [3.8, 4) is 11.5 Å². The lowest BCUT2D eigenvalue weighted by atomic mass is 10.2. The van der Waals surface area contributed by atoms with E-state index in [1.54, 1.807) is 37.4 Å². The Morgan fingerprint density at radius 1 is 1.05 bits per heavy atom. The Bertz CT molecular complexity index is 678. The summed E-state index contributed by atoms with van der Waals surface area (Å²) < 4.78 is 10.3. The highest BCUT2D eigenvalue weighted by Gasteiger charge is 2.14. The number of Topliss-reactive ketones (excluding diaryl/α,β-unsaturated/α-hetero) is 1. The molecule has 0 saturated carbocycles. The fraction of sp³-hybridized carbons (Fsp3) is 0.200. The van der Waals surface area contributed by atoms with Crippen LogP contribution in [0, 0.1) is 0 Å². The first-order valence-electron chi connectivity index (χ1n) is 6.19. The molecule has 6 heteroatoms. The van der Waals surface area contributed by atoms with Crippen LogP contribution in [-0.2, 0) is 0 Å². The van der Waals surface area contributed by atoms with E-state index in [4.69, 9.17) is 9.47 Å². The number of benzene rings is 1. The molecule has 1 amide bonds. The van der Waals surface area contributed by atoms with Crippen molar-refractivity contribution in [1.29, 1.82) is 0 Å². The number of carbonyl (C=O) groups excluding carboxylic acids is 2. The number of hydrogen-bond donors (Lipinski definition) is 1. The summed E-state index contributed by atoms with van der Waals surface area (Å²) in [6.07, 6.45) is 0. The summed E-state index contributed by atoms with van der Waals surface area (Å²) in [5.74, 6) is 0.808. The van der Waals surface area contributed by atoms with E-state index >= 15 is 0 Å². The number of methoxy groups -OCH3 is 2. The van der Waals surface area contributed by atoms with Crippen molar-refractivity contribution in [2.24, 2.45) is 0 Å². The van der Waals surface area contributed by atoms with Crippen molar-refractivity contribution in [2.75, 3.05) is 19.5 Å². The number of carbonyl (C=O) groups is 2. The van der Waals surface area contributed by atoms with Gasteiger partial charge in [-0.2, -0.15) is 0 Å². The Morgan fingerprint density at radius 3 is 2.33 bits per heavy atom. The molecule has 0 fully saturated rings.